The van der Waals surface area contributed by atoms with Crippen LogP contribution < -0.4 is 10.4 Å². The van der Waals surface area contributed by atoms with E-state index in [4.69, 9.17) is 0 Å². The van der Waals surface area contributed by atoms with Crippen molar-refractivity contribution in [2.45, 2.75) is 19.8 Å². The van der Waals surface area contributed by atoms with E-state index >= 15 is 0 Å². The third kappa shape index (κ3) is 3.42. The van der Waals surface area contributed by atoms with Crippen LogP contribution in [0.2, 0.25) is 0 Å². The maximum Gasteiger partial charge on any atom is 0.365 e. The fourth-order valence-electron chi connectivity index (χ4n) is 2.62. The number of tetrazole rings is 1. The van der Waals surface area contributed by atoms with Crippen LogP contribution in [-0.4, -0.2) is 46.0 Å². The number of benzene rings is 1. The molecule has 1 aromatic carbocycles. The number of rotatable bonds is 4. The highest BCUT2D eigenvalue weighted by molar-refractivity contribution is 7.90. The monoisotopic (exact) mass is 338 g/mol. The topological polar surface area (TPSA) is 113 Å². The van der Waals surface area contributed by atoms with Crippen molar-refractivity contribution in [3.05, 3.63) is 34.7 Å². The minimum atomic E-state index is -3.56. The van der Waals surface area contributed by atoms with Gasteiger partial charge in [0, 0.05) is 18.8 Å². The van der Waals surface area contributed by atoms with Crippen molar-refractivity contribution in [2.24, 2.45) is 5.92 Å². The van der Waals surface area contributed by atoms with E-state index in [9.17, 15) is 13.2 Å². The lowest BCUT2D eigenvalue weighted by Crippen LogP contribution is -2.42. The molecule has 0 bridgehead atoms. The molecular weight excluding hydrogens is 320 g/mol. The van der Waals surface area contributed by atoms with E-state index in [1.807, 2.05) is 6.92 Å². The van der Waals surface area contributed by atoms with Crippen LogP contribution in [0.5, 0.6) is 0 Å². The first kappa shape index (κ1) is 15.7. The number of hydrogen-bond donors (Lipinski definition) is 2. The molecular formula is C13H18N6O3S. The molecule has 1 aliphatic rings. The Kier molecular flexibility index (Phi) is 4.18. The summed E-state index contributed by atoms with van der Waals surface area (Å²) in [6, 6.07) is 6.37. The number of anilines is 1. The molecule has 0 amide bonds. The maximum atomic E-state index is 12.4. The van der Waals surface area contributed by atoms with Crippen molar-refractivity contribution in [3.63, 3.8) is 0 Å². The third-order valence-corrected chi connectivity index (χ3v) is 5.30. The molecule has 23 heavy (non-hydrogen) atoms. The lowest BCUT2D eigenvalue weighted by atomic mass is 10.0. The Morgan fingerprint density at radius 1 is 1.30 bits per heavy atom. The second-order valence-electron chi connectivity index (χ2n) is 5.68. The summed E-state index contributed by atoms with van der Waals surface area (Å²) in [5.41, 5.74) is 0.474. The van der Waals surface area contributed by atoms with Gasteiger partial charge in [-0.3, -0.25) is 4.72 Å². The molecule has 1 aromatic heterocycles. The minimum Gasteiger partial charge on any atom is -0.271 e. The molecule has 124 valence electrons. The van der Waals surface area contributed by atoms with E-state index in [0.717, 1.165) is 17.5 Å². The Balaban J connectivity index is 1.75. The first-order valence-electron chi connectivity index (χ1n) is 7.34. The van der Waals surface area contributed by atoms with E-state index in [1.165, 1.54) is 4.31 Å². The lowest BCUT2D eigenvalue weighted by molar-refractivity contribution is 0.282. The van der Waals surface area contributed by atoms with E-state index in [0.29, 0.717) is 30.4 Å². The van der Waals surface area contributed by atoms with Crippen LogP contribution in [0.3, 0.4) is 0 Å². The highest BCUT2D eigenvalue weighted by atomic mass is 32.2. The average molecular weight is 338 g/mol. The molecule has 1 saturated heterocycles. The Bertz CT molecular complexity index is 826. The van der Waals surface area contributed by atoms with E-state index in [1.54, 1.807) is 24.3 Å². The van der Waals surface area contributed by atoms with Gasteiger partial charge in [-0.2, -0.15) is 17.4 Å². The summed E-state index contributed by atoms with van der Waals surface area (Å²) in [5.74, 6) is 0.363. The number of H-pyrrole nitrogens is 1. The fourth-order valence-corrected chi connectivity index (χ4v) is 4.00. The molecule has 1 fully saturated rings. The van der Waals surface area contributed by atoms with Crippen molar-refractivity contribution < 1.29 is 8.42 Å². The highest BCUT2D eigenvalue weighted by Crippen LogP contribution is 2.20. The van der Waals surface area contributed by atoms with Crippen molar-refractivity contribution in [3.8, 4) is 5.69 Å². The molecule has 1 unspecified atom stereocenters. The summed E-state index contributed by atoms with van der Waals surface area (Å²) in [5, 5.41) is 9.22. The first-order valence-corrected chi connectivity index (χ1v) is 8.78. The highest BCUT2D eigenvalue weighted by Gasteiger charge is 2.26. The van der Waals surface area contributed by atoms with Crippen molar-refractivity contribution in [1.82, 2.24) is 24.5 Å². The number of piperidine rings is 1. The van der Waals surface area contributed by atoms with Crippen LogP contribution in [0.15, 0.2) is 29.1 Å². The van der Waals surface area contributed by atoms with Gasteiger partial charge < -0.3 is 0 Å². The summed E-state index contributed by atoms with van der Waals surface area (Å²) >= 11 is 0. The van der Waals surface area contributed by atoms with Gasteiger partial charge in [-0.1, -0.05) is 6.92 Å². The molecule has 1 atom stereocenters. The first-order chi connectivity index (χ1) is 11.0. The second-order valence-corrected chi connectivity index (χ2v) is 7.35. The van der Waals surface area contributed by atoms with Gasteiger partial charge in [0.1, 0.15) is 0 Å². The zero-order valence-corrected chi connectivity index (χ0v) is 13.5. The Labute approximate surface area is 133 Å². The third-order valence-electron chi connectivity index (χ3n) is 3.79. The van der Waals surface area contributed by atoms with Crippen LogP contribution >= 0.6 is 0 Å². The van der Waals surface area contributed by atoms with E-state index in [-0.39, 0.29) is 0 Å². The molecule has 0 radical (unpaired) electrons. The largest absolute Gasteiger partial charge is 0.365 e. The Hall–Kier alpha value is -2.20. The second kappa shape index (κ2) is 6.13. The fraction of sp³-hybridized carbons (Fsp3) is 0.462. The van der Waals surface area contributed by atoms with Crippen LogP contribution in [0.1, 0.15) is 19.8 Å². The lowest BCUT2D eigenvalue weighted by Gasteiger charge is -2.30. The number of aromatic amines is 1. The van der Waals surface area contributed by atoms with Crippen LogP contribution in [0.4, 0.5) is 5.69 Å². The smallest absolute Gasteiger partial charge is 0.271 e. The van der Waals surface area contributed by atoms with Crippen LogP contribution in [-0.2, 0) is 10.2 Å². The predicted molar refractivity (Wildman–Crippen MR) is 84.5 cm³/mol. The van der Waals surface area contributed by atoms with E-state index < -0.39 is 15.9 Å². The Morgan fingerprint density at radius 3 is 2.65 bits per heavy atom. The number of hydrogen-bond acceptors (Lipinski definition) is 5. The molecule has 1 aliphatic heterocycles. The van der Waals surface area contributed by atoms with Gasteiger partial charge in [0.2, 0.25) is 0 Å². The minimum absolute atomic E-state index is 0.363. The van der Waals surface area contributed by atoms with Crippen LogP contribution in [0, 0.1) is 5.92 Å². The summed E-state index contributed by atoms with van der Waals surface area (Å²) in [6.45, 7) is 3.11. The molecule has 10 heteroatoms. The summed E-state index contributed by atoms with van der Waals surface area (Å²) < 4.78 is 29.9. The van der Waals surface area contributed by atoms with Gasteiger partial charge >= 0.3 is 15.9 Å². The zero-order chi connectivity index (χ0) is 16.4. The number of aromatic nitrogens is 4. The van der Waals surface area contributed by atoms with Gasteiger partial charge in [-0.15, -0.1) is 0 Å². The maximum absolute atomic E-state index is 12.4. The summed E-state index contributed by atoms with van der Waals surface area (Å²) in [6.07, 6.45) is 1.92. The van der Waals surface area contributed by atoms with Crippen LogP contribution in [0.25, 0.3) is 5.69 Å². The summed E-state index contributed by atoms with van der Waals surface area (Å²) in [7, 11) is -3.56. The summed E-state index contributed by atoms with van der Waals surface area (Å²) in [4.78, 5) is 11.4. The number of nitrogens with zero attached hydrogens (tertiary/aromatic N) is 4. The standard InChI is InChI=1S/C13H18N6O3S/c1-10-3-2-8-18(9-10)23(21,22)15-11-4-6-12(7-5-11)19-13(20)14-16-17-19/h4-7,10,15H,2-3,8-9H2,1H3,(H,14,17,20). The van der Waals surface area contributed by atoms with E-state index in [2.05, 4.69) is 20.2 Å². The molecule has 2 heterocycles. The zero-order valence-electron chi connectivity index (χ0n) is 12.6. The number of nitrogens with one attached hydrogen (secondary N) is 2. The molecule has 0 spiro atoms. The predicted octanol–water partition coefficient (Wildman–Crippen LogP) is 0.344. The molecule has 2 N–H and O–H groups in total. The van der Waals surface area contributed by atoms with Gasteiger partial charge in [0.05, 0.1) is 5.69 Å². The molecule has 0 saturated carbocycles. The van der Waals surface area contributed by atoms with Gasteiger partial charge in [-0.05, 0) is 53.5 Å². The van der Waals surface area contributed by atoms with Crippen molar-refractivity contribution >= 4 is 15.9 Å². The molecule has 3 rings (SSSR count). The van der Waals surface area contributed by atoms with Gasteiger partial charge in [-0.25, -0.2) is 9.89 Å². The average Bonchev–Trinajstić information content (AvgIpc) is 2.94. The molecule has 9 nitrogen and oxygen atoms in total. The van der Waals surface area contributed by atoms with Gasteiger partial charge in [0.25, 0.3) is 0 Å². The van der Waals surface area contributed by atoms with Gasteiger partial charge in [0.15, 0.2) is 0 Å². The molecule has 0 aliphatic carbocycles. The molecule has 2 aromatic rings. The SMILES string of the molecule is CC1CCCN(S(=O)(=O)Nc2ccc(-n3nn[nH]c3=O)cc2)C1. The quantitative estimate of drug-likeness (QED) is 0.835. The van der Waals surface area contributed by atoms with Crippen molar-refractivity contribution in [2.75, 3.05) is 17.8 Å². The normalized spacial score (nSPS) is 19.6. The Morgan fingerprint density at radius 2 is 2.04 bits per heavy atom. The van der Waals surface area contributed by atoms with Crippen molar-refractivity contribution in [1.29, 1.82) is 0 Å².